The second kappa shape index (κ2) is 4.55. The fourth-order valence-electron chi connectivity index (χ4n) is 2.47. The Morgan fingerprint density at radius 2 is 1.94 bits per heavy atom. The third kappa shape index (κ3) is 2.37. The third-order valence-corrected chi connectivity index (χ3v) is 3.67. The van der Waals surface area contributed by atoms with Crippen LogP contribution in [0.25, 0.3) is 0 Å². The maximum Gasteiger partial charge on any atom is 0.407 e. The summed E-state index contributed by atoms with van der Waals surface area (Å²) >= 11 is 0. The number of nitrogens with zero attached hydrogens (tertiary/aromatic N) is 1. The summed E-state index contributed by atoms with van der Waals surface area (Å²) in [6.45, 7) is 2.33. The lowest BCUT2D eigenvalue weighted by atomic mass is 9.89. The van der Waals surface area contributed by atoms with Gasteiger partial charge < -0.3 is 5.73 Å². The van der Waals surface area contributed by atoms with Crippen LogP contribution in [-0.2, 0) is 6.54 Å². The molecule has 1 aromatic rings. The van der Waals surface area contributed by atoms with Gasteiger partial charge in [0.15, 0.2) is 0 Å². The van der Waals surface area contributed by atoms with Crippen LogP contribution in [0.1, 0.15) is 12.5 Å². The van der Waals surface area contributed by atoms with Crippen LogP contribution < -0.4 is 5.73 Å². The van der Waals surface area contributed by atoms with E-state index in [1.54, 1.807) is 11.8 Å². The van der Waals surface area contributed by atoms with E-state index >= 15 is 0 Å². The zero-order chi connectivity index (χ0) is 13.4. The molecule has 0 aromatic heterocycles. The molecular formula is C13H17F3N2. The number of halogens is 3. The van der Waals surface area contributed by atoms with Crippen molar-refractivity contribution in [2.24, 2.45) is 11.7 Å². The predicted molar refractivity (Wildman–Crippen MR) is 63.9 cm³/mol. The molecule has 2 unspecified atom stereocenters. The molecule has 1 fully saturated rings. The molecule has 1 saturated heterocycles. The Balaban J connectivity index is 2.08. The number of alkyl halides is 3. The molecule has 1 aliphatic rings. The minimum Gasteiger partial charge on any atom is -0.316 e. The van der Waals surface area contributed by atoms with Gasteiger partial charge in [-0.2, -0.15) is 13.2 Å². The summed E-state index contributed by atoms with van der Waals surface area (Å²) in [4.78, 5) is 1.77. The first-order valence-electron chi connectivity index (χ1n) is 5.95. The van der Waals surface area contributed by atoms with Gasteiger partial charge in [0.2, 0.25) is 0 Å². The standard InChI is InChI=1S/C13H17F3N2/c1-10-7-18(8-11-5-3-2-4-6-11)9-12(10,17)13(14,15)16/h2-6,10H,7-9,17H2,1H3. The topological polar surface area (TPSA) is 29.3 Å². The van der Waals surface area contributed by atoms with Crippen LogP contribution in [0.15, 0.2) is 30.3 Å². The van der Waals surface area contributed by atoms with Gasteiger partial charge in [-0.25, -0.2) is 0 Å². The molecule has 0 spiro atoms. The van der Waals surface area contributed by atoms with Crippen molar-refractivity contribution in [1.82, 2.24) is 4.90 Å². The van der Waals surface area contributed by atoms with Crippen molar-refractivity contribution in [2.45, 2.75) is 25.2 Å². The van der Waals surface area contributed by atoms with Crippen molar-refractivity contribution < 1.29 is 13.2 Å². The summed E-state index contributed by atoms with van der Waals surface area (Å²) < 4.78 is 38.9. The van der Waals surface area contributed by atoms with Gasteiger partial charge >= 0.3 is 6.18 Å². The number of benzene rings is 1. The predicted octanol–water partition coefficient (Wildman–Crippen LogP) is 2.40. The number of rotatable bonds is 2. The highest BCUT2D eigenvalue weighted by atomic mass is 19.4. The Morgan fingerprint density at radius 3 is 2.44 bits per heavy atom. The van der Waals surface area contributed by atoms with Gasteiger partial charge in [0.05, 0.1) is 0 Å². The van der Waals surface area contributed by atoms with Crippen molar-refractivity contribution in [1.29, 1.82) is 0 Å². The van der Waals surface area contributed by atoms with E-state index in [4.69, 9.17) is 5.73 Å². The lowest BCUT2D eigenvalue weighted by Crippen LogP contribution is -2.58. The van der Waals surface area contributed by atoms with E-state index < -0.39 is 17.6 Å². The monoisotopic (exact) mass is 258 g/mol. The molecule has 0 bridgehead atoms. The molecule has 18 heavy (non-hydrogen) atoms. The average molecular weight is 258 g/mol. The Morgan fingerprint density at radius 1 is 1.33 bits per heavy atom. The zero-order valence-electron chi connectivity index (χ0n) is 10.2. The van der Waals surface area contributed by atoms with Crippen LogP contribution in [0.3, 0.4) is 0 Å². The smallest absolute Gasteiger partial charge is 0.316 e. The summed E-state index contributed by atoms with van der Waals surface area (Å²) in [5.74, 6) is -0.582. The minimum absolute atomic E-state index is 0.132. The Labute approximate surface area is 105 Å². The summed E-state index contributed by atoms with van der Waals surface area (Å²) in [5.41, 5.74) is 4.49. The first kappa shape index (κ1) is 13.4. The van der Waals surface area contributed by atoms with Crippen molar-refractivity contribution >= 4 is 0 Å². The quantitative estimate of drug-likeness (QED) is 0.882. The molecule has 2 rings (SSSR count). The number of likely N-dealkylation sites (tertiary alicyclic amines) is 1. The van der Waals surface area contributed by atoms with Crippen molar-refractivity contribution in [2.75, 3.05) is 13.1 Å². The molecule has 0 radical (unpaired) electrons. The second-order valence-electron chi connectivity index (χ2n) is 5.09. The molecule has 100 valence electrons. The van der Waals surface area contributed by atoms with Crippen LogP contribution in [0.2, 0.25) is 0 Å². The average Bonchev–Trinajstić information content (AvgIpc) is 2.56. The van der Waals surface area contributed by atoms with Crippen LogP contribution in [0.5, 0.6) is 0 Å². The molecule has 5 heteroatoms. The molecule has 2 N–H and O–H groups in total. The lowest BCUT2D eigenvalue weighted by Gasteiger charge is -2.30. The molecule has 2 atom stereocenters. The van der Waals surface area contributed by atoms with E-state index in [1.807, 2.05) is 30.3 Å². The summed E-state index contributed by atoms with van der Waals surface area (Å²) in [6, 6.07) is 9.48. The highest BCUT2D eigenvalue weighted by Gasteiger charge is 2.59. The van der Waals surface area contributed by atoms with Gasteiger partial charge in [-0.3, -0.25) is 4.90 Å². The van der Waals surface area contributed by atoms with Crippen molar-refractivity contribution in [3.05, 3.63) is 35.9 Å². The van der Waals surface area contributed by atoms with Gasteiger partial charge in [-0.1, -0.05) is 37.3 Å². The van der Waals surface area contributed by atoms with Crippen LogP contribution in [0, 0.1) is 5.92 Å². The summed E-state index contributed by atoms with van der Waals surface area (Å²) in [5, 5.41) is 0. The maximum absolute atomic E-state index is 13.0. The van der Waals surface area contributed by atoms with Gasteiger partial charge in [0.25, 0.3) is 0 Å². The molecule has 2 nitrogen and oxygen atoms in total. The van der Waals surface area contributed by atoms with Gasteiger partial charge in [-0.05, 0) is 11.5 Å². The zero-order valence-corrected chi connectivity index (χ0v) is 10.2. The molecular weight excluding hydrogens is 241 g/mol. The molecule has 1 heterocycles. The number of hydrogen-bond acceptors (Lipinski definition) is 2. The molecule has 0 amide bonds. The highest BCUT2D eigenvalue weighted by Crippen LogP contribution is 2.39. The fraction of sp³-hybridized carbons (Fsp3) is 0.538. The normalized spacial score (nSPS) is 29.7. The van der Waals surface area contributed by atoms with E-state index in [-0.39, 0.29) is 6.54 Å². The minimum atomic E-state index is -4.35. The van der Waals surface area contributed by atoms with Gasteiger partial charge in [-0.15, -0.1) is 0 Å². The van der Waals surface area contributed by atoms with Gasteiger partial charge in [0, 0.05) is 19.6 Å². The molecule has 0 saturated carbocycles. The first-order chi connectivity index (χ1) is 8.33. The van der Waals surface area contributed by atoms with Crippen molar-refractivity contribution in [3.8, 4) is 0 Å². The Bertz CT molecular complexity index is 404. The molecule has 0 aliphatic carbocycles. The first-order valence-corrected chi connectivity index (χ1v) is 5.95. The number of nitrogens with two attached hydrogens (primary N) is 1. The summed E-state index contributed by atoms with van der Waals surface area (Å²) in [6.07, 6.45) is -4.35. The van der Waals surface area contributed by atoms with E-state index in [9.17, 15) is 13.2 Å². The SMILES string of the molecule is CC1CN(Cc2ccccc2)CC1(N)C(F)(F)F. The highest BCUT2D eigenvalue weighted by molar-refractivity contribution is 5.15. The van der Waals surface area contributed by atoms with Crippen molar-refractivity contribution in [3.63, 3.8) is 0 Å². The summed E-state index contributed by atoms with van der Waals surface area (Å²) in [7, 11) is 0. The van der Waals surface area contributed by atoms with E-state index in [0.29, 0.717) is 13.1 Å². The molecule has 1 aliphatic heterocycles. The van der Waals surface area contributed by atoms with Crippen LogP contribution in [0.4, 0.5) is 13.2 Å². The third-order valence-electron chi connectivity index (χ3n) is 3.67. The maximum atomic E-state index is 13.0. The Kier molecular flexibility index (Phi) is 3.38. The van der Waals surface area contributed by atoms with E-state index in [0.717, 1.165) is 5.56 Å². The van der Waals surface area contributed by atoms with Crippen LogP contribution in [-0.4, -0.2) is 29.7 Å². The largest absolute Gasteiger partial charge is 0.407 e. The number of hydrogen-bond donors (Lipinski definition) is 1. The van der Waals surface area contributed by atoms with Gasteiger partial charge in [0.1, 0.15) is 5.54 Å². The lowest BCUT2D eigenvalue weighted by molar-refractivity contribution is -0.191. The second-order valence-corrected chi connectivity index (χ2v) is 5.09. The van der Waals surface area contributed by atoms with E-state index in [2.05, 4.69) is 0 Å². The van der Waals surface area contributed by atoms with Crippen LogP contribution >= 0.6 is 0 Å². The van der Waals surface area contributed by atoms with E-state index in [1.165, 1.54) is 0 Å². The molecule has 1 aromatic carbocycles. The fourth-order valence-corrected chi connectivity index (χ4v) is 2.47. The Hall–Kier alpha value is -1.07.